The van der Waals surface area contributed by atoms with Crippen LogP contribution in [-0.4, -0.2) is 49.7 Å². The monoisotopic (exact) mass is 571 g/mol. The molecule has 0 bridgehead atoms. The molecule has 2 aromatic carbocycles. The zero-order chi connectivity index (χ0) is 31.0. The highest BCUT2D eigenvalue weighted by atomic mass is 16.4. The molecule has 0 saturated carbocycles. The first kappa shape index (κ1) is 32.4. The molecule has 5 N–H and O–H groups in total. The summed E-state index contributed by atoms with van der Waals surface area (Å²) in [6.07, 6.45) is 3.24. The minimum atomic E-state index is -1.35. The Morgan fingerprint density at radius 3 is 2.14 bits per heavy atom. The summed E-state index contributed by atoms with van der Waals surface area (Å²) in [6.45, 7) is 14.8. The van der Waals surface area contributed by atoms with Crippen LogP contribution < -0.4 is 21.3 Å². The van der Waals surface area contributed by atoms with E-state index in [1.54, 1.807) is 13.1 Å². The van der Waals surface area contributed by atoms with Crippen LogP contribution in [-0.2, 0) is 23.1 Å². The fourth-order valence-corrected chi connectivity index (χ4v) is 5.84. The second kappa shape index (κ2) is 14.2. The summed E-state index contributed by atoms with van der Waals surface area (Å²) in [5.41, 5.74) is 4.75. The van der Waals surface area contributed by atoms with Crippen molar-refractivity contribution in [3.63, 3.8) is 0 Å². The quantitative estimate of drug-likeness (QED) is 0.226. The Morgan fingerprint density at radius 2 is 1.62 bits per heavy atom. The van der Waals surface area contributed by atoms with Crippen LogP contribution in [0.4, 0.5) is 0 Å². The van der Waals surface area contributed by atoms with Gasteiger partial charge >= 0.3 is 5.97 Å². The van der Waals surface area contributed by atoms with Crippen LogP contribution in [0.2, 0.25) is 0 Å². The SMILES string of the molecule is C=C(CN[C@H](C)CC1(C(=O)O)c2ccc(C(=C)NC)cc2CCc2cc(C(=O)NC)ccc21)NC(C#N)C[C@@H](C)CC. The number of rotatable bonds is 14. The number of carboxylic acids is 1. The second-order valence-corrected chi connectivity index (χ2v) is 11.4. The lowest BCUT2D eigenvalue weighted by molar-refractivity contribution is -0.142. The highest BCUT2D eigenvalue weighted by molar-refractivity contribution is 5.95. The van der Waals surface area contributed by atoms with Crippen molar-refractivity contribution in [2.24, 2.45) is 5.92 Å². The van der Waals surface area contributed by atoms with E-state index in [1.807, 2.05) is 44.3 Å². The van der Waals surface area contributed by atoms with E-state index < -0.39 is 11.4 Å². The van der Waals surface area contributed by atoms with Crippen molar-refractivity contribution in [2.45, 2.75) is 70.4 Å². The molecule has 0 heterocycles. The number of benzene rings is 2. The van der Waals surface area contributed by atoms with Crippen LogP contribution in [0.1, 0.15) is 78.2 Å². The first-order chi connectivity index (χ1) is 20.0. The van der Waals surface area contributed by atoms with Crippen molar-refractivity contribution in [1.82, 2.24) is 21.3 Å². The van der Waals surface area contributed by atoms with Crippen LogP contribution in [0.3, 0.4) is 0 Å². The largest absolute Gasteiger partial charge is 0.480 e. The number of amides is 1. The summed E-state index contributed by atoms with van der Waals surface area (Å²) < 4.78 is 0. The number of nitrogens with zero attached hydrogens (tertiary/aromatic N) is 1. The summed E-state index contributed by atoms with van der Waals surface area (Å²) in [6, 6.07) is 13.0. The number of carbonyl (C=O) groups excluding carboxylic acids is 1. The normalized spacial score (nSPS) is 17.7. The van der Waals surface area contributed by atoms with Gasteiger partial charge in [0, 0.05) is 43.6 Å². The lowest BCUT2D eigenvalue weighted by atomic mass is 9.68. The summed E-state index contributed by atoms with van der Waals surface area (Å²) in [4.78, 5) is 26.0. The third-order valence-corrected chi connectivity index (χ3v) is 8.44. The molecule has 1 amide bonds. The highest BCUT2D eigenvalue weighted by Gasteiger charge is 2.47. The van der Waals surface area contributed by atoms with Crippen molar-refractivity contribution in [3.05, 3.63) is 88.6 Å². The Bertz CT molecular complexity index is 1310. The molecule has 42 heavy (non-hydrogen) atoms. The van der Waals surface area contributed by atoms with Gasteiger partial charge in [-0.15, -0.1) is 0 Å². The average molecular weight is 572 g/mol. The summed E-state index contributed by atoms with van der Waals surface area (Å²) in [7, 11) is 3.39. The van der Waals surface area contributed by atoms with Crippen molar-refractivity contribution in [3.8, 4) is 6.07 Å². The maximum absolute atomic E-state index is 13.5. The summed E-state index contributed by atoms with van der Waals surface area (Å²) in [5, 5.41) is 33.0. The standard InChI is InChI=1S/C34H45N5O3/c1-8-21(2)15-29(19-35)39-23(4)20-38-22(3)18-34(33(41)42)30-13-11-25(24(5)36-6)16-26(30)9-10-27-17-28(32(40)37-7)12-14-31(27)34/h11-14,16-17,21-22,29,36,38-39H,4-5,8-10,15,18,20H2,1-3,6-7H3,(H,37,40)(H,41,42)/t21-,22+,29?,34?/m0/s1. The first-order valence-electron chi connectivity index (χ1n) is 14.7. The molecule has 8 heteroatoms. The zero-order valence-corrected chi connectivity index (χ0v) is 25.6. The topological polar surface area (TPSA) is 126 Å². The van der Waals surface area contributed by atoms with Gasteiger partial charge in [0.05, 0.1) is 6.07 Å². The van der Waals surface area contributed by atoms with Gasteiger partial charge in [-0.3, -0.25) is 9.59 Å². The molecule has 1 aliphatic carbocycles. The Morgan fingerprint density at radius 1 is 1.02 bits per heavy atom. The third kappa shape index (κ3) is 7.03. The number of carbonyl (C=O) groups is 2. The van der Waals surface area contributed by atoms with Gasteiger partial charge in [-0.2, -0.15) is 5.26 Å². The van der Waals surface area contributed by atoms with Crippen LogP contribution in [0.25, 0.3) is 5.70 Å². The van der Waals surface area contributed by atoms with Gasteiger partial charge in [0.15, 0.2) is 0 Å². The molecule has 0 saturated heterocycles. The van der Waals surface area contributed by atoms with E-state index in [-0.39, 0.29) is 24.4 Å². The molecule has 0 fully saturated rings. The Kier molecular flexibility index (Phi) is 11.0. The number of hydrogen-bond donors (Lipinski definition) is 5. The van der Waals surface area contributed by atoms with E-state index in [0.29, 0.717) is 42.1 Å². The number of aryl methyl sites for hydroxylation is 2. The van der Waals surface area contributed by atoms with E-state index in [2.05, 4.69) is 54.3 Å². The molecule has 0 radical (unpaired) electrons. The van der Waals surface area contributed by atoms with E-state index in [4.69, 9.17) is 0 Å². The zero-order valence-electron chi connectivity index (χ0n) is 25.6. The van der Waals surface area contributed by atoms with Crippen molar-refractivity contribution in [1.29, 1.82) is 5.26 Å². The minimum absolute atomic E-state index is 0.210. The maximum atomic E-state index is 13.5. The third-order valence-electron chi connectivity index (χ3n) is 8.44. The number of fused-ring (bicyclic) bond motifs is 2. The fraction of sp³-hybridized carbons (Fsp3) is 0.441. The van der Waals surface area contributed by atoms with Gasteiger partial charge in [-0.1, -0.05) is 51.6 Å². The molecule has 3 rings (SSSR count). The van der Waals surface area contributed by atoms with E-state index >= 15 is 0 Å². The average Bonchev–Trinajstić information content (AvgIpc) is 3.13. The number of hydrogen-bond acceptors (Lipinski definition) is 6. The van der Waals surface area contributed by atoms with Gasteiger partial charge in [-0.05, 0) is 84.5 Å². The van der Waals surface area contributed by atoms with Gasteiger partial charge in [-0.25, -0.2) is 0 Å². The molecule has 0 spiro atoms. The lowest BCUT2D eigenvalue weighted by Gasteiger charge is -2.35. The van der Waals surface area contributed by atoms with E-state index in [1.165, 1.54) is 0 Å². The second-order valence-electron chi connectivity index (χ2n) is 11.4. The van der Waals surface area contributed by atoms with Gasteiger partial charge in [0.2, 0.25) is 0 Å². The Labute approximate surface area is 250 Å². The van der Waals surface area contributed by atoms with Gasteiger partial charge < -0.3 is 26.4 Å². The summed E-state index contributed by atoms with van der Waals surface area (Å²) >= 11 is 0. The number of nitrogens with one attached hydrogen (secondary N) is 4. The van der Waals surface area contributed by atoms with Gasteiger partial charge in [0.25, 0.3) is 5.91 Å². The van der Waals surface area contributed by atoms with E-state index in [9.17, 15) is 20.0 Å². The maximum Gasteiger partial charge on any atom is 0.318 e. The Hall–Kier alpha value is -4.09. The molecule has 8 nitrogen and oxygen atoms in total. The first-order valence-corrected chi connectivity index (χ1v) is 14.7. The van der Waals surface area contributed by atoms with Crippen LogP contribution in [0.15, 0.2) is 55.3 Å². The predicted octanol–water partition coefficient (Wildman–Crippen LogP) is 4.51. The van der Waals surface area contributed by atoms with Crippen LogP contribution in [0.5, 0.6) is 0 Å². The lowest BCUT2D eigenvalue weighted by Crippen LogP contribution is -2.45. The molecule has 1 aliphatic rings. The van der Waals surface area contributed by atoms with Crippen LogP contribution in [0, 0.1) is 17.2 Å². The molecular weight excluding hydrogens is 526 g/mol. The molecular formula is C34H45N5O3. The van der Waals surface area contributed by atoms with Gasteiger partial charge in [0.1, 0.15) is 11.5 Å². The predicted molar refractivity (Wildman–Crippen MR) is 168 cm³/mol. The fourth-order valence-electron chi connectivity index (χ4n) is 5.84. The molecule has 2 unspecified atom stereocenters. The highest BCUT2D eigenvalue weighted by Crippen LogP contribution is 2.44. The van der Waals surface area contributed by atoms with Crippen LogP contribution >= 0.6 is 0 Å². The molecule has 224 valence electrons. The Balaban J connectivity index is 2.00. The number of nitriles is 1. The smallest absolute Gasteiger partial charge is 0.318 e. The minimum Gasteiger partial charge on any atom is -0.480 e. The molecule has 0 aliphatic heterocycles. The van der Waals surface area contributed by atoms with Crippen molar-refractivity contribution >= 4 is 17.6 Å². The molecule has 0 aromatic heterocycles. The number of aliphatic carboxylic acids is 1. The van der Waals surface area contributed by atoms with Crippen molar-refractivity contribution in [2.75, 3.05) is 20.6 Å². The van der Waals surface area contributed by atoms with Crippen molar-refractivity contribution < 1.29 is 14.7 Å². The molecule has 4 atom stereocenters. The molecule has 2 aromatic rings. The van der Waals surface area contributed by atoms with E-state index in [0.717, 1.165) is 40.8 Å². The number of carboxylic acid groups (broad SMARTS) is 1. The summed E-state index contributed by atoms with van der Waals surface area (Å²) in [5.74, 6) is -0.732.